The lowest BCUT2D eigenvalue weighted by Gasteiger charge is -2.24. The van der Waals surface area contributed by atoms with Crippen molar-refractivity contribution in [2.24, 2.45) is 7.05 Å². The van der Waals surface area contributed by atoms with E-state index in [4.69, 9.17) is 0 Å². The number of rotatable bonds is 8. The lowest BCUT2D eigenvalue weighted by molar-refractivity contribution is -0.657. The van der Waals surface area contributed by atoms with Crippen molar-refractivity contribution in [3.05, 3.63) is 200 Å². The summed E-state index contributed by atoms with van der Waals surface area (Å²) in [7, 11) is 4.40. The quantitative estimate of drug-likeness (QED) is 0.126. The van der Waals surface area contributed by atoms with E-state index in [-0.39, 0.29) is 0 Å². The number of anilines is 6. The van der Waals surface area contributed by atoms with Gasteiger partial charge in [-0.25, -0.2) is 4.57 Å². The number of aryl methyl sites for hydroxylation is 2. The van der Waals surface area contributed by atoms with E-state index < -0.39 is 0 Å². The zero-order valence-corrected chi connectivity index (χ0v) is 30.4. The maximum atomic E-state index is 4.00. The zero-order valence-electron chi connectivity index (χ0n) is 30.4. The molecule has 1 aliphatic rings. The van der Waals surface area contributed by atoms with Crippen LogP contribution >= 0.6 is 0 Å². The number of para-hydroxylation sites is 3. The predicted molar refractivity (Wildman–Crippen MR) is 227 cm³/mol. The van der Waals surface area contributed by atoms with Gasteiger partial charge in [-0.2, -0.15) is 0 Å². The SMILES string of the molecule is Cc1cccc2c1N(c1c(Nc3c(-c4ccccc4)cccc3-c3ccccc3)ccc[n+]1C)[B]N2c1c(-c2ccccc2)cccc1-c1ccccc1. The van der Waals surface area contributed by atoms with E-state index >= 15 is 0 Å². The molecule has 257 valence electrons. The molecule has 2 heterocycles. The largest absolute Gasteiger partial charge is 0.552 e. The molecule has 0 aliphatic carbocycles. The molecule has 0 amide bonds. The topological polar surface area (TPSA) is 22.4 Å². The van der Waals surface area contributed by atoms with Gasteiger partial charge in [0, 0.05) is 27.9 Å². The monoisotopic (exact) mass is 694 g/mol. The Bertz CT molecular complexity index is 2460. The van der Waals surface area contributed by atoms with Crippen LogP contribution in [0.25, 0.3) is 44.5 Å². The summed E-state index contributed by atoms with van der Waals surface area (Å²) in [6.07, 6.45) is 2.13. The molecule has 0 saturated carbocycles. The van der Waals surface area contributed by atoms with Gasteiger partial charge in [0.25, 0.3) is 5.82 Å². The van der Waals surface area contributed by atoms with Crippen LogP contribution in [0.5, 0.6) is 0 Å². The second-order valence-corrected chi connectivity index (χ2v) is 13.7. The summed E-state index contributed by atoms with van der Waals surface area (Å²) in [5, 5.41) is 4.00. The van der Waals surface area contributed by atoms with Crippen molar-refractivity contribution in [2.75, 3.05) is 14.9 Å². The Kier molecular flexibility index (Phi) is 8.74. The van der Waals surface area contributed by atoms with E-state index in [0.29, 0.717) is 0 Å². The average molecular weight is 695 g/mol. The molecule has 9 rings (SSSR count). The fourth-order valence-electron chi connectivity index (χ4n) is 7.77. The van der Waals surface area contributed by atoms with Crippen molar-refractivity contribution < 1.29 is 4.57 Å². The number of hydrogen-bond donors (Lipinski definition) is 1. The zero-order chi connectivity index (χ0) is 36.4. The Balaban J connectivity index is 1.23. The number of pyridine rings is 1. The maximum absolute atomic E-state index is 4.00. The highest BCUT2D eigenvalue weighted by molar-refractivity contribution is 6.56. The van der Waals surface area contributed by atoms with Gasteiger partial charge < -0.3 is 10.1 Å². The normalized spacial score (nSPS) is 12.0. The number of nitrogens with one attached hydrogen (secondary N) is 1. The average Bonchev–Trinajstić information content (AvgIpc) is 3.62. The van der Waals surface area contributed by atoms with E-state index in [0.717, 1.165) is 56.5 Å². The highest BCUT2D eigenvalue weighted by Gasteiger charge is 2.43. The first kappa shape index (κ1) is 33.0. The van der Waals surface area contributed by atoms with Gasteiger partial charge in [0.05, 0.1) is 24.6 Å². The molecule has 0 spiro atoms. The van der Waals surface area contributed by atoms with E-state index in [1.54, 1.807) is 0 Å². The molecule has 54 heavy (non-hydrogen) atoms. The summed E-state index contributed by atoms with van der Waals surface area (Å²) in [4.78, 5) is 4.74. The standard InChI is InChI=1S/C49H39BN4/c1-35-19-15-33-45-47(35)54(50-53(45)48-42(38-24-11-5-12-25-38)30-17-31-43(48)39-26-13-6-14-27-39)49-44(32-18-34-52(49)2)51-46-40(36-20-7-3-8-21-36)28-16-29-41(46)37-22-9-4-10-23-37/h3-34,51H,1-2H3/q+1. The Hall–Kier alpha value is -6.85. The van der Waals surface area contributed by atoms with Crippen LogP contribution in [0, 0.1) is 6.92 Å². The van der Waals surface area contributed by atoms with Crippen LogP contribution in [0.4, 0.5) is 34.3 Å². The minimum Gasteiger partial charge on any atom is -0.348 e. The van der Waals surface area contributed by atoms with Crippen molar-refractivity contribution in [1.82, 2.24) is 0 Å². The van der Waals surface area contributed by atoms with Gasteiger partial charge in [0.2, 0.25) is 0 Å². The first-order valence-corrected chi connectivity index (χ1v) is 18.4. The highest BCUT2D eigenvalue weighted by Crippen LogP contribution is 2.51. The van der Waals surface area contributed by atoms with E-state index in [1.165, 1.54) is 27.8 Å². The molecule has 1 aliphatic heterocycles. The molecule has 0 fully saturated rings. The van der Waals surface area contributed by atoms with Crippen molar-refractivity contribution in [3.63, 3.8) is 0 Å². The number of nitrogens with zero attached hydrogens (tertiary/aromatic N) is 3. The Morgan fingerprint density at radius 1 is 0.444 bits per heavy atom. The van der Waals surface area contributed by atoms with Gasteiger partial charge >= 0.3 is 7.55 Å². The van der Waals surface area contributed by atoms with Gasteiger partial charge in [0.1, 0.15) is 11.4 Å². The van der Waals surface area contributed by atoms with Crippen molar-refractivity contribution >= 4 is 41.8 Å². The molecule has 0 unspecified atom stereocenters. The molecule has 7 aromatic carbocycles. The number of benzene rings is 7. The molecular weight excluding hydrogens is 655 g/mol. The first-order valence-electron chi connectivity index (χ1n) is 18.4. The van der Waals surface area contributed by atoms with Crippen molar-refractivity contribution in [3.8, 4) is 44.5 Å². The molecule has 0 atom stereocenters. The Morgan fingerprint density at radius 3 is 1.43 bits per heavy atom. The Morgan fingerprint density at radius 2 is 0.907 bits per heavy atom. The predicted octanol–water partition coefficient (Wildman–Crippen LogP) is 12.1. The summed E-state index contributed by atoms with van der Waals surface area (Å²) in [6.45, 7) is 2.21. The van der Waals surface area contributed by atoms with Crippen LogP contribution in [-0.2, 0) is 7.05 Å². The van der Waals surface area contributed by atoms with Gasteiger partial charge in [0.15, 0.2) is 0 Å². The molecule has 1 N–H and O–H groups in total. The van der Waals surface area contributed by atoms with Crippen LogP contribution in [-0.4, -0.2) is 7.55 Å². The van der Waals surface area contributed by atoms with E-state index in [1.807, 2.05) is 0 Å². The number of aromatic nitrogens is 1. The second kappa shape index (κ2) is 14.3. The van der Waals surface area contributed by atoms with E-state index in [9.17, 15) is 0 Å². The third-order valence-electron chi connectivity index (χ3n) is 10.3. The molecule has 0 saturated heterocycles. The summed E-state index contributed by atoms with van der Waals surface area (Å²) in [6, 6.07) is 66.9. The van der Waals surface area contributed by atoms with Crippen LogP contribution in [0.1, 0.15) is 5.56 Å². The minimum atomic E-state index is 0.993. The van der Waals surface area contributed by atoms with Crippen LogP contribution in [0.15, 0.2) is 194 Å². The lowest BCUT2D eigenvalue weighted by Crippen LogP contribution is -2.40. The summed E-state index contributed by atoms with van der Waals surface area (Å²) < 4.78 is 2.22. The molecule has 4 nitrogen and oxygen atoms in total. The Labute approximate surface area is 318 Å². The summed E-state index contributed by atoms with van der Waals surface area (Å²) in [5.74, 6) is 1.02. The van der Waals surface area contributed by atoms with Gasteiger partial charge in [-0.3, -0.25) is 4.81 Å². The molecule has 1 radical (unpaired) electrons. The first-order chi connectivity index (χ1) is 26.7. The van der Waals surface area contributed by atoms with Gasteiger partial charge in [-0.1, -0.05) is 170 Å². The molecular formula is C49H39BN4+. The number of hydrogen-bond acceptors (Lipinski definition) is 3. The molecule has 5 heteroatoms. The van der Waals surface area contributed by atoms with Crippen molar-refractivity contribution in [2.45, 2.75) is 6.92 Å². The smallest absolute Gasteiger partial charge is 0.348 e. The third-order valence-corrected chi connectivity index (χ3v) is 10.3. The fraction of sp³-hybridized carbons (Fsp3) is 0.0408. The van der Waals surface area contributed by atoms with Crippen molar-refractivity contribution in [1.29, 1.82) is 0 Å². The number of fused-ring (bicyclic) bond motifs is 1. The fourth-order valence-corrected chi connectivity index (χ4v) is 7.77. The van der Waals surface area contributed by atoms with Crippen LogP contribution < -0.4 is 19.5 Å². The van der Waals surface area contributed by atoms with E-state index in [2.05, 4.69) is 235 Å². The highest BCUT2D eigenvalue weighted by atomic mass is 15.3. The third kappa shape index (κ3) is 6.00. The molecule has 1 aromatic heterocycles. The molecule has 0 bridgehead atoms. The minimum absolute atomic E-state index is 0.993. The second-order valence-electron chi connectivity index (χ2n) is 13.7. The summed E-state index contributed by atoms with van der Waals surface area (Å²) in [5.41, 5.74) is 15.9. The van der Waals surface area contributed by atoms with Gasteiger partial charge in [-0.05, 0) is 52.9 Å². The molecule has 8 aromatic rings. The van der Waals surface area contributed by atoms with Crippen LogP contribution in [0.2, 0.25) is 0 Å². The van der Waals surface area contributed by atoms with Crippen LogP contribution in [0.3, 0.4) is 0 Å². The summed E-state index contributed by atoms with van der Waals surface area (Å²) >= 11 is 0. The lowest BCUT2D eigenvalue weighted by atomic mass is 9.92. The van der Waals surface area contributed by atoms with Gasteiger partial charge in [-0.15, -0.1) is 0 Å². The maximum Gasteiger partial charge on any atom is 0.552 e.